The number of nitrogens with zero attached hydrogens (tertiary/aromatic N) is 3. The van der Waals surface area contributed by atoms with E-state index >= 15 is 4.57 Å². The standard InChI is InChI=1S/C75H150N3O4P/c1-4-7-10-13-16-19-22-25-28-31-34-37-40-43-46-52-61-73(70-76-64-55-49-56-65-76)80-83(79,81-74(71-77-66-57-50-58-67-77)62-53-47-44-41-38-35-32-29-26-23-20-17-14-11-8-5-2)82-75(72-78-68-59-51-60-69-78)63-54-48-45-42-39-36-33-30-27-24-21-18-15-12-9-6-3/h73-75H,4-72H2,1-3H3. The number of hydrogen-bond donors (Lipinski definition) is 0. The summed E-state index contributed by atoms with van der Waals surface area (Å²) in [5, 5.41) is 0. The summed E-state index contributed by atoms with van der Waals surface area (Å²) >= 11 is 0. The Morgan fingerprint density at radius 1 is 0.241 bits per heavy atom. The van der Waals surface area contributed by atoms with Crippen LogP contribution < -0.4 is 0 Å². The maximum absolute atomic E-state index is 16.2. The average molecular weight is 1190 g/mol. The monoisotopic (exact) mass is 1190 g/mol. The van der Waals surface area contributed by atoms with E-state index in [0.29, 0.717) is 0 Å². The first-order chi connectivity index (χ1) is 41.0. The molecule has 0 amide bonds. The van der Waals surface area contributed by atoms with Gasteiger partial charge in [-0.25, -0.2) is 4.57 Å². The van der Waals surface area contributed by atoms with Crippen LogP contribution in [0.3, 0.4) is 0 Å². The molecule has 0 aromatic carbocycles. The Morgan fingerprint density at radius 2 is 0.398 bits per heavy atom. The predicted molar refractivity (Wildman–Crippen MR) is 366 cm³/mol. The second kappa shape index (κ2) is 58.4. The normalized spacial score (nSPS) is 17.8. The lowest BCUT2D eigenvalue weighted by molar-refractivity contribution is -0.00450. The lowest BCUT2D eigenvalue weighted by Crippen LogP contribution is -2.40. The third kappa shape index (κ3) is 47.6. The number of unbranched alkanes of at least 4 members (excludes halogenated alkanes) is 45. The summed E-state index contributed by atoms with van der Waals surface area (Å²) in [5.41, 5.74) is 0. The minimum Gasteiger partial charge on any atom is -0.301 e. The molecule has 3 fully saturated rings. The first kappa shape index (κ1) is 77.2. The molecule has 0 N–H and O–H groups in total. The van der Waals surface area contributed by atoms with Gasteiger partial charge in [0.2, 0.25) is 0 Å². The van der Waals surface area contributed by atoms with Crippen molar-refractivity contribution in [2.45, 2.75) is 424 Å². The zero-order chi connectivity index (χ0) is 58.9. The number of phosphoric acid groups is 1. The minimum atomic E-state index is -3.94. The van der Waals surface area contributed by atoms with Crippen LogP contribution in [0.5, 0.6) is 0 Å². The van der Waals surface area contributed by atoms with Crippen molar-refractivity contribution in [3.63, 3.8) is 0 Å². The van der Waals surface area contributed by atoms with Gasteiger partial charge in [0.1, 0.15) is 0 Å². The maximum atomic E-state index is 16.2. The molecular formula is C75H150N3O4P. The molecule has 3 unspecified atom stereocenters. The number of phosphoric ester groups is 1. The molecule has 0 spiro atoms. The smallest absolute Gasteiger partial charge is 0.301 e. The number of rotatable bonds is 63. The van der Waals surface area contributed by atoms with Gasteiger partial charge in [0, 0.05) is 19.6 Å². The van der Waals surface area contributed by atoms with E-state index in [2.05, 4.69) is 35.5 Å². The summed E-state index contributed by atoms with van der Waals surface area (Å²) in [5.74, 6) is 0. The fourth-order valence-corrected chi connectivity index (χ4v) is 16.0. The van der Waals surface area contributed by atoms with Gasteiger partial charge in [0.05, 0.1) is 18.3 Å². The molecule has 0 aliphatic carbocycles. The van der Waals surface area contributed by atoms with Gasteiger partial charge >= 0.3 is 7.82 Å². The lowest BCUT2D eigenvalue weighted by atomic mass is 10.0. The lowest BCUT2D eigenvalue weighted by Gasteiger charge is -2.36. The van der Waals surface area contributed by atoms with Gasteiger partial charge in [-0.05, 0) is 97.1 Å². The zero-order valence-electron chi connectivity index (χ0n) is 56.9. The van der Waals surface area contributed by atoms with Gasteiger partial charge in [-0.15, -0.1) is 0 Å². The van der Waals surface area contributed by atoms with Crippen molar-refractivity contribution >= 4 is 7.82 Å². The second-order valence-corrected chi connectivity index (χ2v) is 29.5. The summed E-state index contributed by atoms with van der Waals surface area (Å²) in [6, 6.07) is 0. The Hall–Kier alpha value is -0.0100. The van der Waals surface area contributed by atoms with Crippen LogP contribution in [-0.4, -0.2) is 91.9 Å². The SMILES string of the molecule is CCCCCCCCCCCCCCCCCCC(CN1CCCCC1)OP(=O)(OC(CCCCCCCCCCCCCCCCCC)CN1CCCCC1)OC(CCCCCCCCCCCCCCCCCC)CN1CCCCC1. The van der Waals surface area contributed by atoms with E-state index in [-0.39, 0.29) is 18.3 Å². The quantitative estimate of drug-likeness (QED) is 0.0444. The molecule has 0 aromatic rings. The van der Waals surface area contributed by atoms with Gasteiger partial charge < -0.3 is 14.7 Å². The fraction of sp³-hybridized carbons (Fsp3) is 1.00. The van der Waals surface area contributed by atoms with Crippen molar-refractivity contribution < 1.29 is 18.1 Å². The largest absolute Gasteiger partial charge is 0.475 e. The van der Waals surface area contributed by atoms with Gasteiger partial charge in [-0.3, -0.25) is 13.6 Å². The van der Waals surface area contributed by atoms with E-state index in [9.17, 15) is 0 Å². The first-order valence-corrected chi connectivity index (χ1v) is 40.3. The third-order valence-corrected chi connectivity index (χ3v) is 21.4. The summed E-state index contributed by atoms with van der Waals surface area (Å²) in [4.78, 5) is 7.86. The van der Waals surface area contributed by atoms with Crippen molar-refractivity contribution in [2.75, 3.05) is 58.9 Å². The fourth-order valence-electron chi connectivity index (χ4n) is 14.2. The number of likely N-dealkylation sites (tertiary alicyclic amines) is 3. The van der Waals surface area contributed by atoms with Crippen LogP contribution in [0.15, 0.2) is 0 Å². The van der Waals surface area contributed by atoms with Crippen LogP contribution >= 0.6 is 7.82 Å². The molecule has 3 aliphatic heterocycles. The molecule has 0 radical (unpaired) electrons. The van der Waals surface area contributed by atoms with Crippen LogP contribution in [0, 0.1) is 0 Å². The number of piperidine rings is 3. The van der Waals surface area contributed by atoms with Gasteiger partial charge in [0.25, 0.3) is 0 Å². The topological polar surface area (TPSA) is 54.5 Å². The van der Waals surface area contributed by atoms with E-state index in [4.69, 9.17) is 13.6 Å². The molecule has 3 atom stereocenters. The van der Waals surface area contributed by atoms with Gasteiger partial charge in [-0.1, -0.05) is 348 Å². The molecule has 83 heavy (non-hydrogen) atoms. The zero-order valence-corrected chi connectivity index (χ0v) is 57.8. The van der Waals surface area contributed by atoms with E-state index in [1.165, 1.54) is 347 Å². The predicted octanol–water partition coefficient (Wildman–Crippen LogP) is 24.7. The highest BCUT2D eigenvalue weighted by molar-refractivity contribution is 7.48. The van der Waals surface area contributed by atoms with Crippen molar-refractivity contribution in [1.82, 2.24) is 14.7 Å². The van der Waals surface area contributed by atoms with Crippen LogP contribution in [0.4, 0.5) is 0 Å². The van der Waals surface area contributed by atoms with E-state index < -0.39 is 7.82 Å². The summed E-state index contributed by atoms with van der Waals surface area (Å²) in [6.07, 6.45) is 79.9. The maximum Gasteiger partial charge on any atom is 0.475 e. The molecule has 3 rings (SSSR count). The highest BCUT2D eigenvalue weighted by Gasteiger charge is 2.38. The van der Waals surface area contributed by atoms with Gasteiger partial charge in [0.15, 0.2) is 0 Å². The van der Waals surface area contributed by atoms with Crippen molar-refractivity contribution in [1.29, 1.82) is 0 Å². The molecule has 0 aromatic heterocycles. The van der Waals surface area contributed by atoms with E-state index in [1.807, 2.05) is 0 Å². The second-order valence-electron chi connectivity index (χ2n) is 28.0. The van der Waals surface area contributed by atoms with Crippen molar-refractivity contribution in [3.8, 4) is 0 Å². The highest BCUT2D eigenvalue weighted by Crippen LogP contribution is 2.54. The Balaban J connectivity index is 1.63. The first-order valence-electron chi connectivity index (χ1n) is 38.9. The van der Waals surface area contributed by atoms with Gasteiger partial charge in [-0.2, -0.15) is 0 Å². The molecule has 3 heterocycles. The van der Waals surface area contributed by atoms with Crippen LogP contribution in [0.25, 0.3) is 0 Å². The Labute approximate surface area is 521 Å². The van der Waals surface area contributed by atoms with Crippen LogP contribution in [-0.2, 0) is 18.1 Å². The Kier molecular flexibility index (Phi) is 54.3. The summed E-state index contributed by atoms with van der Waals surface area (Å²) in [6.45, 7) is 16.2. The third-order valence-electron chi connectivity index (χ3n) is 19.7. The van der Waals surface area contributed by atoms with E-state index in [1.54, 1.807) is 0 Å². The minimum absolute atomic E-state index is 0.136. The van der Waals surface area contributed by atoms with E-state index in [0.717, 1.165) is 97.4 Å². The summed E-state index contributed by atoms with van der Waals surface area (Å²) < 4.78 is 37.8. The van der Waals surface area contributed by atoms with Crippen molar-refractivity contribution in [3.05, 3.63) is 0 Å². The van der Waals surface area contributed by atoms with Crippen LogP contribution in [0.2, 0.25) is 0 Å². The van der Waals surface area contributed by atoms with Crippen molar-refractivity contribution in [2.24, 2.45) is 0 Å². The molecular weight excluding hydrogens is 1040 g/mol. The molecule has 0 bridgehead atoms. The number of hydrogen-bond acceptors (Lipinski definition) is 7. The van der Waals surface area contributed by atoms with Crippen LogP contribution in [0.1, 0.15) is 406 Å². The average Bonchev–Trinajstić information content (AvgIpc) is 3.57. The molecule has 8 heteroatoms. The molecule has 3 saturated heterocycles. The molecule has 494 valence electrons. The summed E-state index contributed by atoms with van der Waals surface area (Å²) in [7, 11) is -3.94. The molecule has 0 saturated carbocycles. The molecule has 3 aliphatic rings. The Morgan fingerprint density at radius 3 is 0.566 bits per heavy atom. The Bertz CT molecular complexity index is 1200. The highest BCUT2D eigenvalue weighted by atomic mass is 31.2. The molecule has 7 nitrogen and oxygen atoms in total.